The number of amides is 1. The summed E-state index contributed by atoms with van der Waals surface area (Å²) < 4.78 is 14.6. The molecule has 1 amide bonds. The molecular formula is C18H26N4O3S. The van der Waals surface area contributed by atoms with Gasteiger partial charge in [0.2, 0.25) is 11.0 Å². The second-order valence-corrected chi connectivity index (χ2v) is 6.46. The van der Waals surface area contributed by atoms with Gasteiger partial charge in [0.1, 0.15) is 5.82 Å². The van der Waals surface area contributed by atoms with Gasteiger partial charge in [-0.2, -0.15) is 4.37 Å². The molecule has 7 nitrogen and oxygen atoms in total. The molecule has 0 radical (unpaired) electrons. The first-order valence-electron chi connectivity index (χ1n) is 8.59. The number of rotatable bonds is 12. The molecule has 0 saturated heterocycles. The SMILES string of the molecule is COCCNC(=O)CCN(CCOC)c1nc(Cc2ccccc2)ns1. The highest BCUT2D eigenvalue weighted by Gasteiger charge is 2.14. The van der Waals surface area contributed by atoms with Crippen LogP contribution in [0, 0.1) is 0 Å². The lowest BCUT2D eigenvalue weighted by Crippen LogP contribution is -2.34. The smallest absolute Gasteiger partial charge is 0.221 e. The van der Waals surface area contributed by atoms with Crippen LogP contribution < -0.4 is 10.2 Å². The van der Waals surface area contributed by atoms with Crippen LogP contribution in [0.3, 0.4) is 0 Å². The molecule has 0 atom stereocenters. The normalized spacial score (nSPS) is 10.7. The van der Waals surface area contributed by atoms with Crippen molar-refractivity contribution in [2.45, 2.75) is 12.8 Å². The summed E-state index contributed by atoms with van der Waals surface area (Å²) >= 11 is 1.36. The maximum Gasteiger partial charge on any atom is 0.221 e. The highest BCUT2D eigenvalue weighted by atomic mass is 32.1. The van der Waals surface area contributed by atoms with Gasteiger partial charge in [0.15, 0.2) is 0 Å². The Kier molecular flexibility index (Phi) is 9.02. The molecule has 1 N–H and O–H groups in total. The van der Waals surface area contributed by atoms with Crippen LogP contribution in [-0.4, -0.2) is 62.3 Å². The second-order valence-electron chi connectivity index (χ2n) is 5.73. The van der Waals surface area contributed by atoms with Crippen molar-refractivity contribution >= 4 is 22.6 Å². The summed E-state index contributed by atoms with van der Waals surface area (Å²) in [6.07, 6.45) is 1.09. The summed E-state index contributed by atoms with van der Waals surface area (Å²) in [4.78, 5) is 18.6. The van der Waals surface area contributed by atoms with E-state index < -0.39 is 0 Å². The highest BCUT2D eigenvalue weighted by Crippen LogP contribution is 2.19. The zero-order valence-electron chi connectivity index (χ0n) is 15.3. The molecule has 1 aromatic carbocycles. The Balaban J connectivity index is 1.92. The van der Waals surface area contributed by atoms with Crippen LogP contribution in [0.5, 0.6) is 0 Å². The lowest BCUT2D eigenvalue weighted by atomic mass is 10.1. The molecule has 0 saturated carbocycles. The topological polar surface area (TPSA) is 76.6 Å². The molecule has 142 valence electrons. The molecule has 0 aliphatic heterocycles. The predicted octanol–water partition coefficient (Wildman–Crippen LogP) is 1.73. The molecule has 0 unspecified atom stereocenters. The zero-order chi connectivity index (χ0) is 18.6. The number of hydrogen-bond donors (Lipinski definition) is 1. The third-order valence-electron chi connectivity index (χ3n) is 3.74. The third kappa shape index (κ3) is 7.07. The van der Waals surface area contributed by atoms with E-state index in [9.17, 15) is 4.79 Å². The maximum absolute atomic E-state index is 11.9. The van der Waals surface area contributed by atoms with Crippen LogP contribution in [0.1, 0.15) is 17.8 Å². The van der Waals surface area contributed by atoms with Gasteiger partial charge in [-0.05, 0) is 5.56 Å². The molecule has 0 fully saturated rings. The summed E-state index contributed by atoms with van der Waals surface area (Å²) in [5.41, 5.74) is 1.18. The van der Waals surface area contributed by atoms with Crippen molar-refractivity contribution in [3.63, 3.8) is 0 Å². The highest BCUT2D eigenvalue weighted by molar-refractivity contribution is 7.09. The van der Waals surface area contributed by atoms with Crippen LogP contribution >= 0.6 is 11.5 Å². The summed E-state index contributed by atoms with van der Waals surface area (Å²) in [5.74, 6) is 0.793. The standard InChI is InChI=1S/C18H26N4O3S/c1-24-12-9-19-17(23)8-10-22(11-13-25-2)18-20-16(21-26-18)14-15-6-4-3-5-7-15/h3-7H,8-14H2,1-2H3,(H,19,23). The Morgan fingerprint density at radius 3 is 2.65 bits per heavy atom. The van der Waals surface area contributed by atoms with Gasteiger partial charge < -0.3 is 19.7 Å². The molecule has 0 bridgehead atoms. The zero-order valence-corrected chi connectivity index (χ0v) is 16.1. The first-order valence-corrected chi connectivity index (χ1v) is 9.36. The molecular weight excluding hydrogens is 352 g/mol. The molecule has 2 aromatic rings. The van der Waals surface area contributed by atoms with E-state index in [4.69, 9.17) is 9.47 Å². The first-order chi connectivity index (χ1) is 12.7. The van der Waals surface area contributed by atoms with Crippen LogP contribution in [0.15, 0.2) is 30.3 Å². The molecule has 2 rings (SSSR count). The number of hydrogen-bond acceptors (Lipinski definition) is 7. The Morgan fingerprint density at radius 1 is 1.15 bits per heavy atom. The van der Waals surface area contributed by atoms with Crippen LogP contribution in [0.25, 0.3) is 0 Å². The van der Waals surface area contributed by atoms with Gasteiger partial charge in [-0.25, -0.2) is 4.98 Å². The minimum absolute atomic E-state index is 0.00140. The van der Waals surface area contributed by atoms with Crippen LogP contribution in [0.2, 0.25) is 0 Å². The van der Waals surface area contributed by atoms with E-state index in [1.165, 1.54) is 17.1 Å². The molecule has 8 heteroatoms. The van der Waals surface area contributed by atoms with E-state index in [1.54, 1.807) is 14.2 Å². The fourth-order valence-electron chi connectivity index (χ4n) is 2.35. The van der Waals surface area contributed by atoms with Gasteiger partial charge in [-0.15, -0.1) is 0 Å². The lowest BCUT2D eigenvalue weighted by molar-refractivity contribution is -0.121. The number of nitrogens with one attached hydrogen (secondary N) is 1. The molecule has 26 heavy (non-hydrogen) atoms. The number of aromatic nitrogens is 2. The fraction of sp³-hybridized carbons (Fsp3) is 0.500. The summed E-state index contributed by atoms with van der Waals surface area (Å²) in [6.45, 7) is 2.84. The minimum atomic E-state index is -0.00140. The Morgan fingerprint density at radius 2 is 1.92 bits per heavy atom. The third-order valence-corrected chi connectivity index (χ3v) is 4.55. The van der Waals surface area contributed by atoms with Gasteiger partial charge in [0.25, 0.3) is 0 Å². The van der Waals surface area contributed by atoms with Crippen molar-refractivity contribution in [2.75, 3.05) is 52.0 Å². The monoisotopic (exact) mass is 378 g/mol. The molecule has 0 spiro atoms. The van der Waals surface area contributed by atoms with E-state index in [0.29, 0.717) is 45.7 Å². The number of anilines is 1. The first kappa shape index (κ1) is 20.3. The Labute approximate surface area is 158 Å². The van der Waals surface area contributed by atoms with Gasteiger partial charge in [0, 0.05) is 58.2 Å². The number of carbonyl (C=O) groups excluding carboxylic acids is 1. The molecule has 0 aliphatic carbocycles. The molecule has 0 aliphatic rings. The second kappa shape index (κ2) is 11.6. The van der Waals surface area contributed by atoms with Crippen LogP contribution in [-0.2, 0) is 20.7 Å². The quantitative estimate of drug-likeness (QED) is 0.567. The largest absolute Gasteiger partial charge is 0.383 e. The fourth-order valence-corrected chi connectivity index (χ4v) is 3.08. The molecule has 1 heterocycles. The van der Waals surface area contributed by atoms with Gasteiger partial charge >= 0.3 is 0 Å². The average molecular weight is 378 g/mol. The lowest BCUT2D eigenvalue weighted by Gasteiger charge is -2.20. The minimum Gasteiger partial charge on any atom is -0.383 e. The van der Waals surface area contributed by atoms with Crippen molar-refractivity contribution in [1.29, 1.82) is 0 Å². The van der Waals surface area contributed by atoms with Crippen molar-refractivity contribution in [3.05, 3.63) is 41.7 Å². The average Bonchev–Trinajstić information content (AvgIpc) is 3.11. The number of ether oxygens (including phenoxy) is 2. The van der Waals surface area contributed by atoms with Gasteiger partial charge in [-0.1, -0.05) is 30.3 Å². The predicted molar refractivity (Wildman–Crippen MR) is 103 cm³/mol. The van der Waals surface area contributed by atoms with Crippen molar-refractivity contribution in [2.24, 2.45) is 0 Å². The maximum atomic E-state index is 11.9. The van der Waals surface area contributed by atoms with E-state index >= 15 is 0 Å². The van der Waals surface area contributed by atoms with Crippen molar-refractivity contribution < 1.29 is 14.3 Å². The Bertz CT molecular complexity index is 651. The van der Waals surface area contributed by atoms with Crippen LogP contribution in [0.4, 0.5) is 5.13 Å². The van der Waals surface area contributed by atoms with E-state index in [-0.39, 0.29) is 5.91 Å². The number of benzene rings is 1. The van der Waals surface area contributed by atoms with E-state index in [0.717, 1.165) is 11.0 Å². The van der Waals surface area contributed by atoms with Crippen molar-refractivity contribution in [3.8, 4) is 0 Å². The Hall–Kier alpha value is -2.03. The number of carbonyl (C=O) groups is 1. The summed E-state index contributed by atoms with van der Waals surface area (Å²) in [6, 6.07) is 10.1. The van der Waals surface area contributed by atoms with E-state index in [1.807, 2.05) is 23.1 Å². The summed E-state index contributed by atoms with van der Waals surface area (Å²) in [5, 5.41) is 3.65. The van der Waals surface area contributed by atoms with Gasteiger partial charge in [0.05, 0.1) is 13.2 Å². The van der Waals surface area contributed by atoms with E-state index in [2.05, 4.69) is 26.8 Å². The summed E-state index contributed by atoms with van der Waals surface area (Å²) in [7, 11) is 3.28. The van der Waals surface area contributed by atoms with Crippen molar-refractivity contribution in [1.82, 2.24) is 14.7 Å². The van der Waals surface area contributed by atoms with Gasteiger partial charge in [-0.3, -0.25) is 4.79 Å². The number of nitrogens with zero attached hydrogens (tertiary/aromatic N) is 3. The molecule has 1 aromatic heterocycles. The number of methoxy groups -OCH3 is 2.